The molecule has 12 heteroatoms. The summed E-state index contributed by atoms with van der Waals surface area (Å²) < 4.78 is 19.2. The number of fused-ring (bicyclic) bond motifs is 2. The van der Waals surface area contributed by atoms with E-state index in [1.54, 1.807) is 36.4 Å². The van der Waals surface area contributed by atoms with E-state index in [4.69, 9.17) is 47.4 Å². The van der Waals surface area contributed by atoms with Crippen LogP contribution < -0.4 is 0 Å². The van der Waals surface area contributed by atoms with Crippen molar-refractivity contribution in [2.75, 3.05) is 0 Å². The lowest BCUT2D eigenvalue weighted by Crippen LogP contribution is -1.75. The summed E-state index contributed by atoms with van der Waals surface area (Å²) in [5.41, 5.74) is 3.38. The summed E-state index contributed by atoms with van der Waals surface area (Å²) in [6.07, 6.45) is 0. The van der Waals surface area contributed by atoms with Crippen LogP contribution >= 0.6 is 45.2 Å². The van der Waals surface area contributed by atoms with Crippen molar-refractivity contribution < 1.29 is 13.0 Å². The molecule has 0 saturated carbocycles. The second kappa shape index (κ2) is 10.2. The van der Waals surface area contributed by atoms with Crippen LogP contribution in [0.15, 0.2) is 45.2 Å². The largest absolute Gasteiger partial charge is 0.429 e. The number of aromatic amines is 1. The molecule has 28 heavy (non-hydrogen) atoms. The van der Waals surface area contributed by atoms with Crippen molar-refractivity contribution in [2.24, 2.45) is 0 Å². The Morgan fingerprint density at radius 2 is 1.61 bits per heavy atom. The Balaban J connectivity index is 0.000000169. The van der Waals surface area contributed by atoms with Gasteiger partial charge >= 0.3 is 0 Å². The fourth-order valence-electron chi connectivity index (χ4n) is 2.08. The second-order valence-corrected chi connectivity index (χ2v) is 7.94. The standard InChI is InChI=1S/C8H3ClN2O.C8H4N2OS.Cl2OS/c9-8-11-7-5(4-10)2-1-3-6(7)12-8;9-4-5-2-1-3-6-7(5)10-8(12)11-6;1-4(2)3/h1-3H;1-3H,(H,10,12);. The van der Waals surface area contributed by atoms with Crippen LogP contribution in [-0.2, 0) is 9.23 Å². The van der Waals surface area contributed by atoms with E-state index in [9.17, 15) is 0 Å². The van der Waals surface area contributed by atoms with Crippen molar-refractivity contribution in [2.45, 2.75) is 0 Å². The van der Waals surface area contributed by atoms with Gasteiger partial charge in [0.1, 0.15) is 23.2 Å². The average Bonchev–Trinajstić information content (AvgIpc) is 3.21. The zero-order chi connectivity index (χ0) is 20.7. The lowest BCUT2D eigenvalue weighted by molar-refractivity contribution is 0.583. The van der Waals surface area contributed by atoms with Crippen molar-refractivity contribution in [1.29, 1.82) is 10.5 Å². The first kappa shape index (κ1) is 21.9. The lowest BCUT2D eigenvalue weighted by atomic mass is 10.2. The van der Waals surface area contributed by atoms with Gasteiger partial charge in [-0.2, -0.15) is 15.5 Å². The van der Waals surface area contributed by atoms with Gasteiger partial charge in [0.15, 0.2) is 11.2 Å². The van der Waals surface area contributed by atoms with Gasteiger partial charge in [0.2, 0.25) is 9.23 Å². The van der Waals surface area contributed by atoms with Crippen LogP contribution in [0.4, 0.5) is 0 Å². The SMILES string of the molecule is N#Cc1cccc2oc(=S)[nH]c12.N#Cc1cccc2oc(Cl)nc12.O=S(Cl)Cl. The predicted octanol–water partition coefficient (Wildman–Crippen LogP) is 5.76. The van der Waals surface area contributed by atoms with E-state index >= 15 is 0 Å². The van der Waals surface area contributed by atoms with Crippen molar-refractivity contribution >= 4 is 76.6 Å². The monoisotopic (exact) mass is 472 g/mol. The third-order valence-corrected chi connectivity index (χ3v) is 3.44. The maximum absolute atomic E-state index is 9.09. The van der Waals surface area contributed by atoms with E-state index in [1.807, 2.05) is 12.1 Å². The molecular formula is C16H7Cl3N4O3S2. The molecule has 142 valence electrons. The molecule has 0 radical (unpaired) electrons. The first-order valence-corrected chi connectivity index (χ1v) is 10.7. The molecule has 4 aromatic rings. The van der Waals surface area contributed by atoms with Gasteiger partial charge in [-0.25, -0.2) is 4.21 Å². The van der Waals surface area contributed by atoms with Gasteiger partial charge in [0.25, 0.3) is 10.2 Å². The third kappa shape index (κ3) is 5.80. The van der Waals surface area contributed by atoms with Gasteiger partial charge in [0.05, 0.1) is 11.1 Å². The minimum absolute atomic E-state index is 0.0627. The third-order valence-electron chi connectivity index (χ3n) is 3.09. The molecule has 0 atom stereocenters. The summed E-state index contributed by atoms with van der Waals surface area (Å²) in [6.45, 7) is 0. The molecule has 0 bridgehead atoms. The van der Waals surface area contributed by atoms with Crippen molar-refractivity contribution in [1.82, 2.24) is 9.97 Å². The molecule has 0 aliphatic carbocycles. The van der Waals surface area contributed by atoms with Crippen LogP contribution in [0, 0.1) is 27.5 Å². The highest BCUT2D eigenvalue weighted by molar-refractivity contribution is 8.26. The Kier molecular flexibility index (Phi) is 8.00. The smallest absolute Gasteiger partial charge is 0.293 e. The number of oxazole rings is 2. The highest BCUT2D eigenvalue weighted by atomic mass is 36.0. The number of hydrogen-bond donors (Lipinski definition) is 1. The summed E-state index contributed by atoms with van der Waals surface area (Å²) in [5, 5.41) is 17.4. The van der Waals surface area contributed by atoms with E-state index < -0.39 is 9.23 Å². The van der Waals surface area contributed by atoms with Gasteiger partial charge < -0.3 is 13.8 Å². The number of rotatable bonds is 0. The zero-order valence-electron chi connectivity index (χ0n) is 13.5. The molecule has 1 N–H and O–H groups in total. The topological polar surface area (TPSA) is 120 Å². The van der Waals surface area contributed by atoms with Crippen LogP contribution in [0.2, 0.25) is 5.35 Å². The Labute approximate surface area is 179 Å². The van der Waals surface area contributed by atoms with Crippen molar-refractivity contribution in [3.05, 3.63) is 57.7 Å². The lowest BCUT2D eigenvalue weighted by Gasteiger charge is -1.87. The fourth-order valence-corrected chi connectivity index (χ4v) is 2.44. The molecule has 0 aliphatic heterocycles. The number of nitriles is 2. The molecule has 0 spiro atoms. The van der Waals surface area contributed by atoms with E-state index in [-0.39, 0.29) is 5.35 Å². The molecule has 0 amide bonds. The molecule has 7 nitrogen and oxygen atoms in total. The van der Waals surface area contributed by atoms with Crippen LogP contribution in [0.25, 0.3) is 22.2 Å². The Morgan fingerprint density at radius 1 is 1.04 bits per heavy atom. The van der Waals surface area contributed by atoms with Gasteiger partial charge in [-0.1, -0.05) is 12.1 Å². The molecule has 0 fully saturated rings. The van der Waals surface area contributed by atoms with E-state index in [1.165, 1.54) is 0 Å². The molecular weight excluding hydrogens is 467 g/mol. The van der Waals surface area contributed by atoms with Gasteiger partial charge in [0, 0.05) is 21.4 Å². The summed E-state index contributed by atoms with van der Waals surface area (Å²) in [5.74, 6) is 0. The molecule has 2 aromatic carbocycles. The normalized spacial score (nSPS) is 9.79. The number of halogens is 3. The Morgan fingerprint density at radius 3 is 2.21 bits per heavy atom. The zero-order valence-corrected chi connectivity index (χ0v) is 17.4. The van der Waals surface area contributed by atoms with Crippen molar-refractivity contribution in [3.8, 4) is 12.1 Å². The number of para-hydroxylation sites is 2. The summed E-state index contributed by atoms with van der Waals surface area (Å²) in [7, 11) is 7.36. The molecule has 0 saturated heterocycles. The second-order valence-electron chi connectivity index (χ2n) is 4.72. The van der Waals surface area contributed by atoms with E-state index in [0.29, 0.717) is 38.2 Å². The number of aromatic nitrogens is 2. The van der Waals surface area contributed by atoms with Crippen LogP contribution in [0.1, 0.15) is 11.1 Å². The quantitative estimate of drug-likeness (QED) is 0.255. The number of nitrogens with zero attached hydrogens (tertiary/aromatic N) is 3. The van der Waals surface area contributed by atoms with Crippen LogP contribution in [-0.4, -0.2) is 14.2 Å². The summed E-state index contributed by atoms with van der Waals surface area (Å²) >= 11 is 10.3. The number of H-pyrrole nitrogens is 1. The van der Waals surface area contributed by atoms with Crippen LogP contribution in [0.3, 0.4) is 0 Å². The number of nitrogens with one attached hydrogen (secondary N) is 1. The Hall–Kier alpha value is -2.40. The van der Waals surface area contributed by atoms with Crippen molar-refractivity contribution in [3.63, 3.8) is 0 Å². The summed E-state index contributed by atoms with van der Waals surface area (Å²) in [6, 6.07) is 14.4. The highest BCUT2D eigenvalue weighted by Gasteiger charge is 2.06. The maximum atomic E-state index is 9.09. The predicted molar refractivity (Wildman–Crippen MR) is 110 cm³/mol. The maximum Gasteiger partial charge on any atom is 0.293 e. The minimum atomic E-state index is -1.67. The number of hydrogen-bond acceptors (Lipinski definition) is 7. The first-order chi connectivity index (χ1) is 13.3. The number of benzene rings is 2. The molecule has 0 unspecified atom stereocenters. The highest BCUT2D eigenvalue weighted by Crippen LogP contribution is 2.21. The van der Waals surface area contributed by atoms with Crippen LogP contribution in [0.5, 0.6) is 0 Å². The van der Waals surface area contributed by atoms with Gasteiger partial charge in [-0.05, 0) is 48.1 Å². The molecule has 2 heterocycles. The minimum Gasteiger partial charge on any atom is -0.429 e. The molecule has 4 rings (SSSR count). The summed E-state index contributed by atoms with van der Waals surface area (Å²) in [4.78, 5) is 6.96. The van der Waals surface area contributed by atoms with E-state index in [2.05, 4.69) is 31.3 Å². The van der Waals surface area contributed by atoms with E-state index in [0.717, 1.165) is 0 Å². The first-order valence-electron chi connectivity index (χ1n) is 7.07. The average molecular weight is 474 g/mol. The molecule has 2 aromatic heterocycles. The van der Waals surface area contributed by atoms with Gasteiger partial charge in [-0.15, -0.1) is 0 Å². The molecule has 0 aliphatic rings. The Bertz CT molecular complexity index is 1280. The van der Waals surface area contributed by atoms with Gasteiger partial charge in [-0.3, -0.25) is 0 Å². The fraction of sp³-hybridized carbons (Fsp3) is 0.